The summed E-state index contributed by atoms with van der Waals surface area (Å²) in [6.45, 7) is 0.986. The number of benzene rings is 2. The van der Waals surface area contributed by atoms with Gasteiger partial charge in [0.25, 0.3) is 6.47 Å². The van der Waals surface area contributed by atoms with Crippen molar-refractivity contribution in [2.45, 2.75) is 19.1 Å². The molecule has 4 rings (SSSR count). The Labute approximate surface area is 178 Å². The van der Waals surface area contributed by atoms with Crippen LogP contribution in [0, 0.1) is 5.92 Å². The molecule has 2 aromatic carbocycles. The van der Waals surface area contributed by atoms with E-state index < -0.39 is 12.1 Å². The van der Waals surface area contributed by atoms with Crippen LogP contribution in [0.2, 0.25) is 0 Å². The average molecular weight is 425 g/mol. The fraction of sp³-hybridized carbons (Fsp3) is 0.286. The van der Waals surface area contributed by atoms with Gasteiger partial charge >= 0.3 is 5.97 Å². The van der Waals surface area contributed by atoms with E-state index >= 15 is 0 Å². The van der Waals surface area contributed by atoms with Crippen molar-refractivity contribution in [3.63, 3.8) is 0 Å². The van der Waals surface area contributed by atoms with E-state index in [-0.39, 0.29) is 18.8 Å². The largest absolute Gasteiger partial charge is 0.483 e. The third-order valence-electron chi connectivity index (χ3n) is 5.03. The van der Waals surface area contributed by atoms with Crippen LogP contribution < -0.4 is 4.90 Å². The molecule has 1 saturated heterocycles. The van der Waals surface area contributed by atoms with E-state index in [0.29, 0.717) is 25.6 Å². The first kappa shape index (κ1) is 21.9. The van der Waals surface area contributed by atoms with Crippen molar-refractivity contribution in [2.24, 2.45) is 5.92 Å². The Kier molecular flexibility index (Phi) is 7.28. The van der Waals surface area contributed by atoms with Gasteiger partial charge in [0.2, 0.25) is 5.95 Å². The molecule has 0 aliphatic carbocycles. The second-order valence-corrected chi connectivity index (χ2v) is 7.14. The molecule has 2 atom stereocenters. The van der Waals surface area contributed by atoms with Crippen LogP contribution in [-0.2, 0) is 16.1 Å². The SMILES string of the molecule is O=C(O)C[C@@H]1CN(c2nnnn2Cc2ccc(-c3ccccc3)cc2)C[C@H]1O.O=CO. The first-order valence-electron chi connectivity index (χ1n) is 9.65. The molecule has 162 valence electrons. The highest BCUT2D eigenvalue weighted by molar-refractivity contribution is 5.67. The molecule has 1 aliphatic rings. The van der Waals surface area contributed by atoms with Gasteiger partial charge in [-0.1, -0.05) is 59.7 Å². The number of hydrogen-bond acceptors (Lipinski definition) is 7. The number of rotatable bonds is 6. The molecule has 0 spiro atoms. The Bertz CT molecular complexity index is 993. The molecule has 2 heterocycles. The van der Waals surface area contributed by atoms with Crippen LogP contribution >= 0.6 is 0 Å². The summed E-state index contributed by atoms with van der Waals surface area (Å²) in [4.78, 5) is 21.2. The summed E-state index contributed by atoms with van der Waals surface area (Å²) in [5.41, 5.74) is 3.35. The normalized spacial score (nSPS) is 17.6. The first-order chi connectivity index (χ1) is 15.0. The molecule has 31 heavy (non-hydrogen) atoms. The Morgan fingerprint density at radius 2 is 1.71 bits per heavy atom. The molecule has 10 heteroatoms. The maximum Gasteiger partial charge on any atom is 0.303 e. The molecule has 0 amide bonds. The van der Waals surface area contributed by atoms with Gasteiger partial charge in [0, 0.05) is 19.0 Å². The Morgan fingerprint density at radius 1 is 1.06 bits per heavy atom. The highest BCUT2D eigenvalue weighted by Crippen LogP contribution is 2.25. The monoisotopic (exact) mass is 425 g/mol. The van der Waals surface area contributed by atoms with Gasteiger partial charge in [-0.15, -0.1) is 0 Å². The van der Waals surface area contributed by atoms with E-state index in [9.17, 15) is 9.90 Å². The number of tetrazole rings is 1. The smallest absolute Gasteiger partial charge is 0.303 e. The van der Waals surface area contributed by atoms with Gasteiger partial charge in [-0.05, 0) is 27.1 Å². The summed E-state index contributed by atoms with van der Waals surface area (Å²) in [6.07, 6.45) is -0.772. The van der Waals surface area contributed by atoms with Crippen molar-refractivity contribution in [2.75, 3.05) is 18.0 Å². The minimum Gasteiger partial charge on any atom is -0.483 e. The van der Waals surface area contributed by atoms with E-state index in [1.807, 2.05) is 35.2 Å². The molecule has 10 nitrogen and oxygen atoms in total. The average Bonchev–Trinajstić information content (AvgIpc) is 3.36. The molecule has 0 bridgehead atoms. The number of aliphatic carboxylic acids is 1. The number of anilines is 1. The van der Waals surface area contributed by atoms with E-state index in [1.165, 1.54) is 0 Å². The Hall–Kier alpha value is -3.79. The first-order valence-corrected chi connectivity index (χ1v) is 9.65. The molecule has 1 aliphatic heterocycles. The van der Waals surface area contributed by atoms with E-state index in [0.717, 1.165) is 16.7 Å². The van der Waals surface area contributed by atoms with Crippen molar-refractivity contribution >= 4 is 18.4 Å². The highest BCUT2D eigenvalue weighted by Gasteiger charge is 2.35. The molecule has 1 fully saturated rings. The van der Waals surface area contributed by atoms with Crippen LogP contribution in [0.4, 0.5) is 5.95 Å². The lowest BCUT2D eigenvalue weighted by atomic mass is 10.0. The zero-order valence-corrected chi connectivity index (χ0v) is 16.7. The van der Waals surface area contributed by atoms with Crippen LogP contribution in [0.15, 0.2) is 54.6 Å². The highest BCUT2D eigenvalue weighted by atomic mass is 16.4. The number of carboxylic acids is 1. The van der Waals surface area contributed by atoms with Crippen LogP contribution in [-0.4, -0.2) is 67.2 Å². The fourth-order valence-electron chi connectivity index (χ4n) is 3.58. The summed E-state index contributed by atoms with van der Waals surface area (Å²) in [5.74, 6) is -0.698. The van der Waals surface area contributed by atoms with Crippen molar-refractivity contribution < 1.29 is 24.9 Å². The zero-order chi connectivity index (χ0) is 22.2. The van der Waals surface area contributed by atoms with Gasteiger partial charge in [0.15, 0.2) is 0 Å². The molecule has 3 aromatic rings. The van der Waals surface area contributed by atoms with Gasteiger partial charge in [-0.25, -0.2) is 4.68 Å². The number of carboxylic acid groups (broad SMARTS) is 2. The molecule has 1 aromatic heterocycles. The topological polar surface area (TPSA) is 142 Å². The second-order valence-electron chi connectivity index (χ2n) is 7.14. The van der Waals surface area contributed by atoms with Crippen molar-refractivity contribution in [1.29, 1.82) is 0 Å². The predicted octanol–water partition coefficient (Wildman–Crippen LogP) is 1.36. The second kappa shape index (κ2) is 10.3. The van der Waals surface area contributed by atoms with Crippen molar-refractivity contribution in [3.8, 4) is 11.1 Å². The predicted molar refractivity (Wildman–Crippen MR) is 111 cm³/mol. The molecule has 3 N–H and O–H groups in total. The quantitative estimate of drug-likeness (QED) is 0.499. The number of aliphatic hydroxyl groups excluding tert-OH is 1. The number of aliphatic hydroxyl groups is 1. The van der Waals surface area contributed by atoms with Crippen LogP contribution in [0.1, 0.15) is 12.0 Å². The maximum atomic E-state index is 11.0. The minimum atomic E-state index is -0.913. The molecular weight excluding hydrogens is 402 g/mol. The van der Waals surface area contributed by atoms with Crippen molar-refractivity contribution in [3.05, 3.63) is 60.2 Å². The zero-order valence-electron chi connectivity index (χ0n) is 16.7. The molecule has 0 unspecified atom stereocenters. The van der Waals surface area contributed by atoms with Gasteiger partial charge in [-0.2, -0.15) is 0 Å². The van der Waals surface area contributed by atoms with Gasteiger partial charge in [0.05, 0.1) is 19.1 Å². The molecule has 0 radical (unpaired) electrons. The number of β-amino-alcohol motifs (C(OH)–C–C–N with tert-alkyl or cyclic N) is 1. The van der Waals surface area contributed by atoms with Gasteiger partial charge in [0.1, 0.15) is 0 Å². The summed E-state index contributed by atoms with van der Waals surface area (Å²) >= 11 is 0. The standard InChI is InChI=1S/C20H21N5O3.CH2O2/c26-18-13-24(12-17(18)10-19(27)28)20-21-22-23-25(20)11-14-6-8-16(9-7-14)15-4-2-1-3-5-15;2-1-3/h1-9,17-18,26H,10-13H2,(H,27,28);1H,(H,2,3)/t17-,18-;/m1./s1. The molecule has 0 saturated carbocycles. The van der Waals surface area contributed by atoms with E-state index in [2.05, 4.69) is 39.8 Å². The van der Waals surface area contributed by atoms with Gasteiger partial charge in [-0.3, -0.25) is 9.59 Å². The van der Waals surface area contributed by atoms with E-state index in [4.69, 9.17) is 15.0 Å². The maximum absolute atomic E-state index is 11.0. The number of carbonyl (C=O) groups is 2. The third kappa shape index (κ3) is 5.64. The van der Waals surface area contributed by atoms with Crippen LogP contribution in [0.3, 0.4) is 0 Å². The summed E-state index contributed by atoms with van der Waals surface area (Å²) in [7, 11) is 0. The van der Waals surface area contributed by atoms with E-state index in [1.54, 1.807) is 4.68 Å². The number of aromatic nitrogens is 4. The third-order valence-corrected chi connectivity index (χ3v) is 5.03. The number of hydrogen-bond donors (Lipinski definition) is 3. The van der Waals surface area contributed by atoms with Crippen LogP contribution in [0.5, 0.6) is 0 Å². The lowest BCUT2D eigenvalue weighted by molar-refractivity contribution is -0.138. The Balaban J connectivity index is 0.000000858. The Morgan fingerprint density at radius 3 is 2.35 bits per heavy atom. The summed E-state index contributed by atoms with van der Waals surface area (Å²) in [5, 5.41) is 37.9. The van der Waals surface area contributed by atoms with Gasteiger partial charge < -0.3 is 20.2 Å². The lowest BCUT2D eigenvalue weighted by Crippen LogP contribution is -2.25. The lowest BCUT2D eigenvalue weighted by Gasteiger charge is -2.16. The number of nitrogens with zero attached hydrogens (tertiary/aromatic N) is 5. The minimum absolute atomic E-state index is 0.0693. The molecular formula is C21H23N5O5. The van der Waals surface area contributed by atoms with Crippen molar-refractivity contribution in [1.82, 2.24) is 20.2 Å². The summed E-state index contributed by atoms with van der Waals surface area (Å²) in [6, 6.07) is 18.4. The fourth-order valence-corrected chi connectivity index (χ4v) is 3.58. The van der Waals surface area contributed by atoms with Crippen LogP contribution in [0.25, 0.3) is 11.1 Å². The summed E-state index contributed by atoms with van der Waals surface area (Å²) < 4.78 is 1.67.